The van der Waals surface area contributed by atoms with Crippen molar-refractivity contribution in [1.82, 2.24) is 5.43 Å². The maximum Gasteiger partial charge on any atom is 0.265 e. The lowest BCUT2D eigenvalue weighted by atomic mass is 10.1. The van der Waals surface area contributed by atoms with E-state index in [0.29, 0.717) is 28.6 Å². The van der Waals surface area contributed by atoms with E-state index in [2.05, 4.69) is 10.5 Å². The molecule has 0 unspecified atom stereocenters. The molecule has 8 heteroatoms. The Morgan fingerprint density at radius 3 is 2.81 bits per heavy atom. The normalized spacial score (nSPS) is 15.2. The summed E-state index contributed by atoms with van der Waals surface area (Å²) in [6.07, 6.45) is 0. The number of hydrogen-bond donors (Lipinski definition) is 1. The molecular formula is C19H17N3O5. The lowest BCUT2D eigenvalue weighted by Crippen LogP contribution is -2.44. The third-order valence-corrected chi connectivity index (χ3v) is 4.25. The third-order valence-electron chi connectivity index (χ3n) is 4.25. The van der Waals surface area contributed by atoms with Crippen molar-refractivity contribution in [3.05, 3.63) is 48.0 Å². The van der Waals surface area contributed by atoms with E-state index in [-0.39, 0.29) is 25.9 Å². The lowest BCUT2D eigenvalue weighted by Gasteiger charge is -2.28. The van der Waals surface area contributed by atoms with E-state index in [1.165, 1.54) is 4.90 Å². The number of fused-ring (bicyclic) bond motifs is 2. The minimum absolute atomic E-state index is 0.0935. The summed E-state index contributed by atoms with van der Waals surface area (Å²) >= 11 is 0. The number of benzene rings is 2. The Labute approximate surface area is 155 Å². The van der Waals surface area contributed by atoms with Gasteiger partial charge in [0.15, 0.2) is 18.1 Å². The molecule has 0 spiro atoms. The van der Waals surface area contributed by atoms with Crippen molar-refractivity contribution in [3.8, 4) is 17.2 Å². The van der Waals surface area contributed by atoms with Crippen LogP contribution in [0.3, 0.4) is 0 Å². The summed E-state index contributed by atoms with van der Waals surface area (Å²) in [6, 6.07) is 12.5. The van der Waals surface area contributed by atoms with E-state index in [1.54, 1.807) is 37.3 Å². The molecule has 2 aliphatic rings. The van der Waals surface area contributed by atoms with Crippen LogP contribution in [0.2, 0.25) is 0 Å². The number of carbonyl (C=O) groups excluding carboxylic acids is 2. The molecule has 2 aromatic carbocycles. The number of hydrazone groups is 1. The average molecular weight is 367 g/mol. The monoisotopic (exact) mass is 367 g/mol. The Hall–Kier alpha value is -3.55. The molecule has 0 bridgehead atoms. The molecule has 0 saturated heterocycles. The van der Waals surface area contributed by atoms with Crippen LogP contribution in [-0.2, 0) is 9.59 Å². The van der Waals surface area contributed by atoms with Gasteiger partial charge in [0.2, 0.25) is 6.79 Å². The molecule has 8 nitrogen and oxygen atoms in total. The second-order valence-electron chi connectivity index (χ2n) is 6.04. The first-order valence-corrected chi connectivity index (χ1v) is 8.37. The van der Waals surface area contributed by atoms with E-state index >= 15 is 0 Å². The highest BCUT2D eigenvalue weighted by Crippen LogP contribution is 2.33. The maximum atomic E-state index is 12.3. The molecule has 0 atom stereocenters. The number of nitrogens with one attached hydrogen (secondary N) is 1. The van der Waals surface area contributed by atoms with Crippen molar-refractivity contribution in [2.24, 2.45) is 5.10 Å². The number of hydrogen-bond acceptors (Lipinski definition) is 6. The van der Waals surface area contributed by atoms with Gasteiger partial charge in [-0.15, -0.1) is 0 Å². The molecule has 2 amide bonds. The smallest absolute Gasteiger partial charge is 0.265 e. The van der Waals surface area contributed by atoms with E-state index in [1.807, 2.05) is 12.1 Å². The number of carbonyl (C=O) groups is 2. The molecule has 2 aromatic rings. The van der Waals surface area contributed by atoms with Gasteiger partial charge in [-0.1, -0.05) is 12.1 Å². The first-order chi connectivity index (χ1) is 13.1. The van der Waals surface area contributed by atoms with Crippen LogP contribution >= 0.6 is 0 Å². The molecule has 138 valence electrons. The predicted molar refractivity (Wildman–Crippen MR) is 97.2 cm³/mol. The Morgan fingerprint density at radius 1 is 1.11 bits per heavy atom. The van der Waals surface area contributed by atoms with Crippen LogP contribution in [0.25, 0.3) is 0 Å². The van der Waals surface area contributed by atoms with E-state index in [4.69, 9.17) is 14.2 Å². The Morgan fingerprint density at radius 2 is 1.93 bits per heavy atom. The fraction of sp³-hybridized carbons (Fsp3) is 0.211. The second kappa shape index (κ2) is 6.99. The highest BCUT2D eigenvalue weighted by molar-refractivity contribution is 6.03. The van der Waals surface area contributed by atoms with Crippen molar-refractivity contribution < 1.29 is 23.8 Å². The van der Waals surface area contributed by atoms with Crippen LogP contribution in [-0.4, -0.2) is 37.5 Å². The Balaban J connectivity index is 1.44. The molecule has 4 rings (SSSR count). The minimum atomic E-state index is -0.403. The maximum absolute atomic E-state index is 12.3. The van der Waals surface area contributed by atoms with Crippen LogP contribution in [0.4, 0.5) is 5.69 Å². The van der Waals surface area contributed by atoms with Gasteiger partial charge in [0.1, 0.15) is 12.3 Å². The zero-order valence-corrected chi connectivity index (χ0v) is 14.6. The first kappa shape index (κ1) is 16.9. The molecule has 0 aliphatic carbocycles. The first-order valence-electron chi connectivity index (χ1n) is 8.37. The summed E-state index contributed by atoms with van der Waals surface area (Å²) in [7, 11) is 0. The Bertz CT molecular complexity index is 941. The minimum Gasteiger partial charge on any atom is -0.482 e. The summed E-state index contributed by atoms with van der Waals surface area (Å²) in [5.74, 6) is 1.22. The molecule has 0 saturated carbocycles. The molecule has 2 aliphatic heterocycles. The molecule has 0 aromatic heterocycles. The van der Waals surface area contributed by atoms with Crippen LogP contribution in [0, 0.1) is 0 Å². The van der Waals surface area contributed by atoms with Gasteiger partial charge in [-0.3, -0.25) is 14.5 Å². The number of nitrogens with zero attached hydrogens (tertiary/aromatic N) is 2. The van der Waals surface area contributed by atoms with E-state index < -0.39 is 5.91 Å². The van der Waals surface area contributed by atoms with Crippen LogP contribution < -0.4 is 24.5 Å². The summed E-state index contributed by atoms with van der Waals surface area (Å²) < 4.78 is 16.0. The van der Waals surface area contributed by atoms with Crippen molar-refractivity contribution in [1.29, 1.82) is 0 Å². The van der Waals surface area contributed by atoms with Crippen molar-refractivity contribution in [2.75, 3.05) is 24.8 Å². The molecule has 2 heterocycles. The molecular weight excluding hydrogens is 350 g/mol. The van der Waals surface area contributed by atoms with Gasteiger partial charge in [0, 0.05) is 5.56 Å². The highest BCUT2D eigenvalue weighted by atomic mass is 16.7. The van der Waals surface area contributed by atoms with Crippen LogP contribution in [0.5, 0.6) is 17.2 Å². The zero-order valence-electron chi connectivity index (χ0n) is 14.6. The fourth-order valence-electron chi connectivity index (χ4n) is 2.84. The molecule has 1 N–H and O–H groups in total. The number of amides is 2. The average Bonchev–Trinajstić information content (AvgIpc) is 3.16. The van der Waals surface area contributed by atoms with E-state index in [0.717, 1.165) is 5.56 Å². The van der Waals surface area contributed by atoms with Gasteiger partial charge < -0.3 is 14.2 Å². The number of ether oxygens (including phenoxy) is 3. The van der Waals surface area contributed by atoms with Crippen molar-refractivity contribution in [3.63, 3.8) is 0 Å². The highest BCUT2D eigenvalue weighted by Gasteiger charge is 2.26. The largest absolute Gasteiger partial charge is 0.482 e. The van der Waals surface area contributed by atoms with Gasteiger partial charge in [-0.25, -0.2) is 5.43 Å². The summed E-state index contributed by atoms with van der Waals surface area (Å²) in [4.78, 5) is 25.8. The summed E-state index contributed by atoms with van der Waals surface area (Å²) in [5.41, 5.74) is 4.46. The number of para-hydroxylation sites is 2. The van der Waals surface area contributed by atoms with Crippen LogP contribution in [0.15, 0.2) is 47.6 Å². The second-order valence-corrected chi connectivity index (χ2v) is 6.04. The topological polar surface area (TPSA) is 89.5 Å². The SMILES string of the molecule is C/C(=N/NC(=O)CN1C(=O)COc2ccccc21)c1ccc2c(c1)OCO2. The van der Waals surface area contributed by atoms with Crippen molar-refractivity contribution in [2.45, 2.75) is 6.92 Å². The van der Waals surface area contributed by atoms with Crippen molar-refractivity contribution >= 4 is 23.2 Å². The standard InChI is InChI=1S/C19H17N3O5/c1-12(13-6-7-16-17(8-13)27-11-26-16)20-21-18(23)9-22-14-4-2-3-5-15(14)25-10-19(22)24/h2-8H,9-11H2,1H3,(H,21,23)/b20-12-. The molecule has 27 heavy (non-hydrogen) atoms. The third kappa shape index (κ3) is 3.41. The summed E-state index contributed by atoms with van der Waals surface area (Å²) in [6.45, 7) is 1.73. The lowest BCUT2D eigenvalue weighted by molar-refractivity contribution is -0.125. The zero-order chi connectivity index (χ0) is 18.8. The Kier molecular flexibility index (Phi) is 4.37. The van der Waals surface area contributed by atoms with Gasteiger partial charge in [-0.05, 0) is 37.3 Å². The van der Waals surface area contributed by atoms with Gasteiger partial charge >= 0.3 is 0 Å². The quantitative estimate of drug-likeness (QED) is 0.656. The molecule has 0 fully saturated rings. The fourth-order valence-corrected chi connectivity index (χ4v) is 2.84. The molecule has 0 radical (unpaired) electrons. The van der Waals surface area contributed by atoms with Gasteiger partial charge in [0.25, 0.3) is 11.8 Å². The predicted octanol–water partition coefficient (Wildman–Crippen LogP) is 1.68. The number of rotatable bonds is 4. The van der Waals surface area contributed by atoms with Crippen LogP contribution in [0.1, 0.15) is 12.5 Å². The van der Waals surface area contributed by atoms with E-state index in [9.17, 15) is 9.59 Å². The number of anilines is 1. The summed E-state index contributed by atoms with van der Waals surface area (Å²) in [5, 5.41) is 4.12. The van der Waals surface area contributed by atoms with Gasteiger partial charge in [0.05, 0.1) is 11.4 Å². The van der Waals surface area contributed by atoms with Gasteiger partial charge in [-0.2, -0.15) is 5.10 Å².